The maximum atomic E-state index is 10.2. The molecule has 130 valence electrons. The van der Waals surface area contributed by atoms with Crippen molar-refractivity contribution in [2.75, 3.05) is 0 Å². The molecule has 0 spiro atoms. The van der Waals surface area contributed by atoms with Crippen molar-refractivity contribution >= 4 is 8.32 Å². The summed E-state index contributed by atoms with van der Waals surface area (Å²) in [5.74, 6) is 0. The van der Waals surface area contributed by atoms with Crippen molar-refractivity contribution in [1.29, 1.82) is 0 Å². The molecule has 23 heavy (non-hydrogen) atoms. The van der Waals surface area contributed by atoms with Crippen LogP contribution in [0.15, 0.2) is 43.0 Å². The van der Waals surface area contributed by atoms with Gasteiger partial charge in [0.05, 0.1) is 6.10 Å². The van der Waals surface area contributed by atoms with Crippen LogP contribution in [0, 0.1) is 0 Å². The van der Waals surface area contributed by atoms with Crippen molar-refractivity contribution in [3.63, 3.8) is 0 Å². The fourth-order valence-electron chi connectivity index (χ4n) is 2.38. The fraction of sp³-hybridized carbons (Fsp3) is 0.600. The van der Waals surface area contributed by atoms with Crippen LogP contribution >= 0.6 is 0 Å². The van der Waals surface area contributed by atoms with E-state index in [9.17, 15) is 5.11 Å². The average molecular weight is 335 g/mol. The molecule has 1 N–H and O–H groups in total. The Labute approximate surface area is 143 Å². The molecule has 3 heteroatoms. The van der Waals surface area contributed by atoms with Crippen molar-refractivity contribution in [3.05, 3.63) is 48.6 Å². The van der Waals surface area contributed by atoms with Gasteiger partial charge in [0.2, 0.25) is 0 Å². The maximum Gasteiger partial charge on any atom is 0.192 e. The van der Waals surface area contributed by atoms with Gasteiger partial charge in [-0.2, -0.15) is 0 Å². The van der Waals surface area contributed by atoms with Gasteiger partial charge in [0.25, 0.3) is 0 Å². The molecule has 0 aliphatic heterocycles. The molecule has 0 fully saturated rings. The Bertz CT molecular complexity index is 462. The van der Waals surface area contributed by atoms with E-state index in [0.717, 1.165) is 12.8 Å². The molecule has 0 aliphatic carbocycles. The topological polar surface area (TPSA) is 29.5 Å². The lowest BCUT2D eigenvalue weighted by atomic mass is 10.0. The zero-order chi connectivity index (χ0) is 17.5. The second kappa shape index (κ2) is 8.81. The molecule has 0 heterocycles. The summed E-state index contributed by atoms with van der Waals surface area (Å²) in [5.41, 5.74) is 1.33. The Hall–Kier alpha value is -0.903. The van der Waals surface area contributed by atoms with Crippen LogP contribution in [0.1, 0.15) is 45.6 Å². The molecule has 1 rings (SSSR count). The summed E-state index contributed by atoms with van der Waals surface area (Å²) in [4.78, 5) is 0. The number of hydrogen-bond acceptors (Lipinski definition) is 2. The summed E-state index contributed by atoms with van der Waals surface area (Å²) < 4.78 is 6.59. The number of rotatable bonds is 9. The standard InChI is InChI=1S/C20H34O2Si/c1-7-11-18(21)16-19(22-23(5,6)20(2,3)4)15-14-17-12-9-8-10-13-17/h7-10,12-13,18-19,21H,1,11,14-16H2,2-6H3/t18-,19+/m0/s1. The number of aryl methyl sites for hydroxylation is 1. The summed E-state index contributed by atoms with van der Waals surface area (Å²) >= 11 is 0. The number of aliphatic hydroxyl groups excluding tert-OH is 1. The molecule has 0 radical (unpaired) electrons. The van der Waals surface area contributed by atoms with Crippen LogP contribution in [-0.4, -0.2) is 25.6 Å². The average Bonchev–Trinajstić information content (AvgIpc) is 2.44. The normalized spacial score (nSPS) is 15.2. The Kier molecular flexibility index (Phi) is 7.72. The molecular formula is C20H34O2Si. The van der Waals surface area contributed by atoms with Gasteiger partial charge in [0, 0.05) is 6.10 Å². The second-order valence-electron chi connectivity index (χ2n) is 7.94. The zero-order valence-corrected chi connectivity index (χ0v) is 16.5. The third-order valence-electron chi connectivity index (χ3n) is 4.84. The summed E-state index contributed by atoms with van der Waals surface area (Å²) in [6, 6.07) is 10.5. The highest BCUT2D eigenvalue weighted by Crippen LogP contribution is 2.38. The van der Waals surface area contributed by atoms with E-state index in [1.165, 1.54) is 5.56 Å². The number of benzene rings is 1. The molecule has 2 nitrogen and oxygen atoms in total. The minimum absolute atomic E-state index is 0.103. The molecule has 1 aromatic rings. The summed E-state index contributed by atoms with van der Waals surface area (Å²) in [6.45, 7) is 15.1. The Morgan fingerprint density at radius 2 is 1.83 bits per heavy atom. The highest BCUT2D eigenvalue weighted by molar-refractivity contribution is 6.74. The van der Waals surface area contributed by atoms with Crippen LogP contribution in [0.25, 0.3) is 0 Å². The third-order valence-corrected chi connectivity index (χ3v) is 9.37. The van der Waals surface area contributed by atoms with Crippen LogP contribution in [0.4, 0.5) is 0 Å². The summed E-state index contributed by atoms with van der Waals surface area (Å²) in [6.07, 6.45) is 4.77. The minimum Gasteiger partial charge on any atom is -0.414 e. The monoisotopic (exact) mass is 334 g/mol. The van der Waals surface area contributed by atoms with E-state index in [1.807, 2.05) is 6.07 Å². The van der Waals surface area contributed by atoms with E-state index in [2.05, 4.69) is 64.7 Å². The predicted octanol–water partition coefficient (Wildman–Crippen LogP) is 5.34. The van der Waals surface area contributed by atoms with Crippen molar-refractivity contribution in [2.45, 2.75) is 76.8 Å². The van der Waals surface area contributed by atoms with Crippen LogP contribution in [-0.2, 0) is 10.8 Å². The van der Waals surface area contributed by atoms with E-state index in [-0.39, 0.29) is 17.2 Å². The van der Waals surface area contributed by atoms with E-state index < -0.39 is 8.32 Å². The van der Waals surface area contributed by atoms with Gasteiger partial charge in [-0.3, -0.25) is 0 Å². The van der Waals surface area contributed by atoms with Gasteiger partial charge in [-0.1, -0.05) is 57.2 Å². The molecule has 2 atom stereocenters. The van der Waals surface area contributed by atoms with E-state index in [0.29, 0.717) is 12.8 Å². The van der Waals surface area contributed by atoms with Crippen LogP contribution < -0.4 is 0 Å². The van der Waals surface area contributed by atoms with E-state index in [4.69, 9.17) is 4.43 Å². The van der Waals surface area contributed by atoms with Gasteiger partial charge < -0.3 is 9.53 Å². The Morgan fingerprint density at radius 3 is 2.35 bits per heavy atom. The SMILES string of the molecule is C=CC[C@H](O)C[C@@H](CCc1ccccc1)O[Si](C)(C)C(C)(C)C. The van der Waals surface area contributed by atoms with Gasteiger partial charge in [0.1, 0.15) is 0 Å². The first-order valence-electron chi connectivity index (χ1n) is 8.66. The van der Waals surface area contributed by atoms with Gasteiger partial charge >= 0.3 is 0 Å². The van der Waals surface area contributed by atoms with Gasteiger partial charge in [0.15, 0.2) is 8.32 Å². The van der Waals surface area contributed by atoms with Gasteiger partial charge in [-0.15, -0.1) is 6.58 Å². The van der Waals surface area contributed by atoms with Crippen LogP contribution in [0.5, 0.6) is 0 Å². The smallest absolute Gasteiger partial charge is 0.192 e. The van der Waals surface area contributed by atoms with Crippen molar-refractivity contribution < 1.29 is 9.53 Å². The predicted molar refractivity (Wildman–Crippen MR) is 102 cm³/mol. The third kappa shape index (κ3) is 7.02. The lowest BCUT2D eigenvalue weighted by molar-refractivity contribution is 0.0833. The minimum atomic E-state index is -1.83. The molecule has 0 aromatic heterocycles. The maximum absolute atomic E-state index is 10.2. The van der Waals surface area contributed by atoms with E-state index in [1.54, 1.807) is 6.08 Å². The highest BCUT2D eigenvalue weighted by atomic mass is 28.4. The molecular weight excluding hydrogens is 300 g/mol. The number of aliphatic hydroxyl groups is 1. The molecule has 0 saturated carbocycles. The first-order valence-corrected chi connectivity index (χ1v) is 11.6. The Morgan fingerprint density at radius 1 is 1.22 bits per heavy atom. The first kappa shape index (κ1) is 20.1. The lowest BCUT2D eigenvalue weighted by Gasteiger charge is -2.40. The number of hydrogen-bond donors (Lipinski definition) is 1. The highest BCUT2D eigenvalue weighted by Gasteiger charge is 2.39. The molecule has 0 unspecified atom stereocenters. The molecule has 1 aromatic carbocycles. The fourth-order valence-corrected chi connectivity index (χ4v) is 3.78. The van der Waals surface area contributed by atoms with E-state index >= 15 is 0 Å². The summed E-state index contributed by atoms with van der Waals surface area (Å²) in [7, 11) is -1.83. The zero-order valence-electron chi connectivity index (χ0n) is 15.5. The molecule has 0 aliphatic rings. The van der Waals surface area contributed by atoms with Crippen molar-refractivity contribution in [1.82, 2.24) is 0 Å². The molecule has 0 amide bonds. The van der Waals surface area contributed by atoms with Gasteiger partial charge in [-0.05, 0) is 49.4 Å². The lowest BCUT2D eigenvalue weighted by Crippen LogP contribution is -2.44. The molecule has 0 bridgehead atoms. The quantitative estimate of drug-likeness (QED) is 0.488. The first-order chi connectivity index (χ1) is 10.7. The van der Waals surface area contributed by atoms with Crippen LogP contribution in [0.2, 0.25) is 18.1 Å². The van der Waals surface area contributed by atoms with Crippen LogP contribution in [0.3, 0.4) is 0 Å². The summed E-state index contributed by atoms with van der Waals surface area (Å²) in [5, 5.41) is 10.4. The van der Waals surface area contributed by atoms with Gasteiger partial charge in [-0.25, -0.2) is 0 Å². The molecule has 0 saturated heterocycles. The Balaban J connectivity index is 2.74. The largest absolute Gasteiger partial charge is 0.414 e. The van der Waals surface area contributed by atoms with Crippen molar-refractivity contribution in [3.8, 4) is 0 Å². The van der Waals surface area contributed by atoms with Crippen molar-refractivity contribution in [2.24, 2.45) is 0 Å². The second-order valence-corrected chi connectivity index (χ2v) is 12.7.